The van der Waals surface area contributed by atoms with E-state index in [0.717, 1.165) is 18.7 Å². The summed E-state index contributed by atoms with van der Waals surface area (Å²) in [6, 6.07) is 3.62. The van der Waals surface area contributed by atoms with Crippen molar-refractivity contribution in [3.63, 3.8) is 0 Å². The van der Waals surface area contributed by atoms with Crippen LogP contribution in [-0.4, -0.2) is 54.3 Å². The van der Waals surface area contributed by atoms with Gasteiger partial charge in [0, 0.05) is 27.2 Å². The third kappa shape index (κ3) is 4.07. The van der Waals surface area contributed by atoms with Crippen LogP contribution >= 0.6 is 0 Å². The van der Waals surface area contributed by atoms with Gasteiger partial charge in [-0.1, -0.05) is 0 Å². The van der Waals surface area contributed by atoms with Crippen LogP contribution < -0.4 is 10.2 Å². The molecule has 1 aromatic rings. The molecule has 1 aliphatic heterocycles. The van der Waals surface area contributed by atoms with Crippen molar-refractivity contribution >= 4 is 17.5 Å². The van der Waals surface area contributed by atoms with Crippen molar-refractivity contribution in [2.75, 3.05) is 37.4 Å². The summed E-state index contributed by atoms with van der Waals surface area (Å²) < 4.78 is 0. The van der Waals surface area contributed by atoms with Gasteiger partial charge in [-0.05, 0) is 37.8 Å². The number of likely N-dealkylation sites (tertiary alicyclic amines) is 1. The van der Waals surface area contributed by atoms with Crippen LogP contribution in [0.5, 0.6) is 0 Å². The highest BCUT2D eigenvalue weighted by molar-refractivity contribution is 5.89. The highest BCUT2D eigenvalue weighted by Gasteiger charge is 2.25. The molecule has 2 amide bonds. The molecule has 0 aliphatic carbocycles. The molecule has 2 rings (SSSR count). The molecule has 0 saturated carbocycles. The summed E-state index contributed by atoms with van der Waals surface area (Å²) in [5, 5.41) is 12.4. The zero-order valence-electron chi connectivity index (χ0n) is 12.9. The lowest BCUT2D eigenvalue weighted by atomic mass is 9.92. The molecule has 1 fully saturated rings. The number of rotatable bonds is 3. The van der Waals surface area contributed by atoms with Crippen LogP contribution in [0.25, 0.3) is 0 Å². The van der Waals surface area contributed by atoms with Gasteiger partial charge in [-0.3, -0.25) is 0 Å². The van der Waals surface area contributed by atoms with Gasteiger partial charge in [0.15, 0.2) is 0 Å². The van der Waals surface area contributed by atoms with Crippen LogP contribution in [0, 0.1) is 5.92 Å². The molecule has 6 nitrogen and oxygen atoms in total. The number of carbonyl (C=O) groups is 1. The molecule has 21 heavy (non-hydrogen) atoms. The molecule has 6 heteroatoms. The molecule has 1 unspecified atom stereocenters. The van der Waals surface area contributed by atoms with E-state index in [1.807, 2.05) is 38.1 Å². The third-order valence-corrected chi connectivity index (χ3v) is 3.97. The highest BCUT2D eigenvalue weighted by atomic mass is 16.3. The van der Waals surface area contributed by atoms with Gasteiger partial charge in [0.2, 0.25) is 0 Å². The molecule has 1 saturated heterocycles. The van der Waals surface area contributed by atoms with Gasteiger partial charge in [0.05, 0.1) is 18.0 Å². The van der Waals surface area contributed by atoms with Gasteiger partial charge in [-0.2, -0.15) is 0 Å². The molecular formula is C15H24N4O2. The zero-order valence-corrected chi connectivity index (χ0v) is 12.9. The molecule has 1 atom stereocenters. The molecule has 0 bridgehead atoms. The summed E-state index contributed by atoms with van der Waals surface area (Å²) in [6.07, 6.45) is 3.07. The van der Waals surface area contributed by atoms with Crippen molar-refractivity contribution in [1.29, 1.82) is 0 Å². The minimum atomic E-state index is -0.294. The molecule has 2 heterocycles. The maximum atomic E-state index is 12.2. The molecule has 0 radical (unpaired) electrons. The summed E-state index contributed by atoms with van der Waals surface area (Å²) >= 11 is 0. The number of urea groups is 1. The SMILES string of the molecule is CC(O)C1CCN(C(=O)Nc2ccc(N(C)C)nc2)CC1. The number of anilines is 2. The standard InChI is InChI=1S/C15H24N4O2/c1-11(20)12-6-8-19(9-7-12)15(21)17-13-4-5-14(16-10-13)18(2)3/h4-5,10-12,20H,6-9H2,1-3H3,(H,17,21). The number of pyridine rings is 1. The monoisotopic (exact) mass is 292 g/mol. The van der Waals surface area contributed by atoms with Crippen LogP contribution in [0.2, 0.25) is 0 Å². The molecule has 1 aromatic heterocycles. The molecular weight excluding hydrogens is 268 g/mol. The van der Waals surface area contributed by atoms with Gasteiger partial charge < -0.3 is 20.2 Å². The van der Waals surface area contributed by atoms with E-state index in [4.69, 9.17) is 0 Å². The van der Waals surface area contributed by atoms with Gasteiger partial charge >= 0.3 is 6.03 Å². The Hall–Kier alpha value is -1.82. The lowest BCUT2D eigenvalue weighted by Crippen LogP contribution is -2.42. The Labute approximate surface area is 125 Å². The number of amides is 2. The van der Waals surface area contributed by atoms with E-state index in [1.54, 1.807) is 11.1 Å². The molecule has 2 N–H and O–H groups in total. The maximum absolute atomic E-state index is 12.2. The van der Waals surface area contributed by atoms with E-state index >= 15 is 0 Å². The Morgan fingerprint density at radius 1 is 1.43 bits per heavy atom. The summed E-state index contributed by atoms with van der Waals surface area (Å²) in [5.41, 5.74) is 0.697. The molecule has 1 aliphatic rings. The lowest BCUT2D eigenvalue weighted by molar-refractivity contribution is 0.0820. The van der Waals surface area contributed by atoms with Crippen molar-refractivity contribution in [3.8, 4) is 0 Å². The second-order valence-electron chi connectivity index (χ2n) is 5.79. The topological polar surface area (TPSA) is 68.7 Å². The first-order valence-corrected chi connectivity index (χ1v) is 7.34. The Bertz CT molecular complexity index is 465. The van der Waals surface area contributed by atoms with Crippen LogP contribution in [0.3, 0.4) is 0 Å². The van der Waals surface area contributed by atoms with Crippen LogP contribution in [0.4, 0.5) is 16.3 Å². The first-order valence-electron chi connectivity index (χ1n) is 7.34. The van der Waals surface area contributed by atoms with E-state index in [1.165, 1.54) is 0 Å². The maximum Gasteiger partial charge on any atom is 0.321 e. The quantitative estimate of drug-likeness (QED) is 0.891. The minimum Gasteiger partial charge on any atom is -0.393 e. The van der Waals surface area contributed by atoms with Crippen LogP contribution in [-0.2, 0) is 0 Å². The molecule has 116 valence electrons. The number of aliphatic hydroxyl groups excluding tert-OH is 1. The Kier molecular flexibility index (Phi) is 5.01. The average Bonchev–Trinajstić information content (AvgIpc) is 2.47. The Morgan fingerprint density at radius 3 is 2.57 bits per heavy atom. The number of hydrogen-bond donors (Lipinski definition) is 2. The smallest absolute Gasteiger partial charge is 0.321 e. The number of aliphatic hydroxyl groups is 1. The number of piperidine rings is 1. The van der Waals surface area contributed by atoms with Gasteiger partial charge in [0.1, 0.15) is 5.82 Å². The predicted octanol–water partition coefficient (Wildman–Crippen LogP) is 1.77. The van der Waals surface area contributed by atoms with E-state index in [2.05, 4.69) is 10.3 Å². The summed E-state index contributed by atoms with van der Waals surface area (Å²) in [4.78, 5) is 20.1. The van der Waals surface area contributed by atoms with Crippen molar-refractivity contribution in [1.82, 2.24) is 9.88 Å². The summed E-state index contributed by atoms with van der Waals surface area (Å²) in [6.45, 7) is 3.19. The summed E-state index contributed by atoms with van der Waals surface area (Å²) in [5.74, 6) is 1.15. The van der Waals surface area contributed by atoms with Crippen molar-refractivity contribution < 1.29 is 9.90 Å². The number of nitrogens with zero attached hydrogens (tertiary/aromatic N) is 3. The van der Waals surface area contributed by atoms with E-state index < -0.39 is 0 Å². The normalized spacial score (nSPS) is 17.4. The zero-order chi connectivity index (χ0) is 15.4. The Balaban J connectivity index is 1.87. The number of aromatic nitrogens is 1. The molecule has 0 spiro atoms. The Morgan fingerprint density at radius 2 is 2.10 bits per heavy atom. The fourth-order valence-corrected chi connectivity index (χ4v) is 2.51. The largest absolute Gasteiger partial charge is 0.393 e. The van der Waals surface area contributed by atoms with E-state index in [-0.39, 0.29) is 12.1 Å². The van der Waals surface area contributed by atoms with Crippen molar-refractivity contribution in [2.45, 2.75) is 25.9 Å². The number of hydrogen-bond acceptors (Lipinski definition) is 4. The third-order valence-electron chi connectivity index (χ3n) is 3.97. The van der Waals surface area contributed by atoms with Crippen molar-refractivity contribution in [3.05, 3.63) is 18.3 Å². The predicted molar refractivity (Wildman–Crippen MR) is 83.6 cm³/mol. The second kappa shape index (κ2) is 6.76. The van der Waals surface area contributed by atoms with Crippen molar-refractivity contribution in [2.24, 2.45) is 5.92 Å². The van der Waals surface area contributed by atoms with Gasteiger partial charge in [-0.25, -0.2) is 9.78 Å². The minimum absolute atomic E-state index is 0.0987. The summed E-state index contributed by atoms with van der Waals surface area (Å²) in [7, 11) is 3.85. The molecule has 0 aromatic carbocycles. The first kappa shape index (κ1) is 15.6. The van der Waals surface area contributed by atoms with E-state index in [0.29, 0.717) is 24.7 Å². The fourth-order valence-electron chi connectivity index (χ4n) is 2.51. The highest BCUT2D eigenvalue weighted by Crippen LogP contribution is 2.21. The fraction of sp³-hybridized carbons (Fsp3) is 0.600. The average molecular weight is 292 g/mol. The van der Waals surface area contributed by atoms with Gasteiger partial charge in [0.25, 0.3) is 0 Å². The van der Waals surface area contributed by atoms with Crippen LogP contribution in [0.15, 0.2) is 18.3 Å². The number of nitrogens with one attached hydrogen (secondary N) is 1. The van der Waals surface area contributed by atoms with Gasteiger partial charge in [-0.15, -0.1) is 0 Å². The van der Waals surface area contributed by atoms with Crippen LogP contribution in [0.1, 0.15) is 19.8 Å². The number of carbonyl (C=O) groups excluding carboxylic acids is 1. The lowest BCUT2D eigenvalue weighted by Gasteiger charge is -2.33. The van der Waals surface area contributed by atoms with E-state index in [9.17, 15) is 9.90 Å². The second-order valence-corrected chi connectivity index (χ2v) is 5.79. The first-order chi connectivity index (χ1) is 9.97.